The van der Waals surface area contributed by atoms with E-state index in [0.717, 1.165) is 19.6 Å². The number of benzene rings is 2. The summed E-state index contributed by atoms with van der Waals surface area (Å²) >= 11 is 0. The van der Waals surface area contributed by atoms with Gasteiger partial charge in [0.15, 0.2) is 0 Å². The van der Waals surface area contributed by atoms with Crippen LogP contribution in [0.3, 0.4) is 0 Å². The van der Waals surface area contributed by atoms with Gasteiger partial charge in [-0.15, -0.1) is 0 Å². The van der Waals surface area contributed by atoms with E-state index in [-0.39, 0.29) is 5.92 Å². The van der Waals surface area contributed by atoms with Gasteiger partial charge in [0.25, 0.3) is 0 Å². The number of likely N-dealkylation sites (tertiary alicyclic amines) is 1. The molecule has 0 aliphatic carbocycles. The standard InChI is InChI=1S/C19H21NO.C2H6/c1-15(21)18-13-20(12-16-8-4-2-5-9-16)14-19(18)17-10-6-3-7-11-17;1-2/h2-11,18-19H,12-14H2,1H3;1-2H3/t18-,19-;/m0./s1. The zero-order chi connectivity index (χ0) is 16.7. The van der Waals surface area contributed by atoms with Gasteiger partial charge >= 0.3 is 0 Å². The highest BCUT2D eigenvalue weighted by Gasteiger charge is 2.36. The molecule has 23 heavy (non-hydrogen) atoms. The predicted octanol–water partition coefficient (Wildman–Crippen LogP) is 4.52. The molecule has 122 valence electrons. The Kier molecular flexibility index (Phi) is 6.54. The molecule has 2 atom stereocenters. The highest BCUT2D eigenvalue weighted by molar-refractivity contribution is 5.80. The van der Waals surface area contributed by atoms with E-state index in [0.29, 0.717) is 11.7 Å². The van der Waals surface area contributed by atoms with E-state index in [1.807, 2.05) is 26.0 Å². The van der Waals surface area contributed by atoms with Crippen LogP contribution in [0.25, 0.3) is 0 Å². The van der Waals surface area contributed by atoms with Gasteiger partial charge in [0.2, 0.25) is 0 Å². The second-order valence-electron chi connectivity index (χ2n) is 5.91. The van der Waals surface area contributed by atoms with Gasteiger partial charge in [0.05, 0.1) is 0 Å². The van der Waals surface area contributed by atoms with Gasteiger partial charge in [0, 0.05) is 31.5 Å². The number of carbonyl (C=O) groups is 1. The van der Waals surface area contributed by atoms with Crippen LogP contribution in [0, 0.1) is 5.92 Å². The average Bonchev–Trinajstić information content (AvgIpc) is 3.02. The summed E-state index contributed by atoms with van der Waals surface area (Å²) < 4.78 is 0. The third-order valence-corrected chi connectivity index (χ3v) is 4.39. The summed E-state index contributed by atoms with van der Waals surface area (Å²) in [6, 6.07) is 20.9. The van der Waals surface area contributed by atoms with Gasteiger partial charge in [-0.05, 0) is 18.1 Å². The summed E-state index contributed by atoms with van der Waals surface area (Å²) in [6.45, 7) is 8.48. The van der Waals surface area contributed by atoms with Gasteiger partial charge in [-0.1, -0.05) is 74.5 Å². The van der Waals surface area contributed by atoms with Crippen molar-refractivity contribution in [3.05, 3.63) is 71.8 Å². The first-order valence-electron chi connectivity index (χ1n) is 8.55. The Balaban J connectivity index is 0.000000924. The number of Topliss-reactive ketones (excluding diaryl/α,β-unsaturated/α-hetero) is 1. The first-order chi connectivity index (χ1) is 11.2. The molecule has 0 radical (unpaired) electrons. The number of nitrogens with zero attached hydrogens (tertiary/aromatic N) is 1. The van der Waals surface area contributed by atoms with Crippen molar-refractivity contribution in [1.82, 2.24) is 4.90 Å². The van der Waals surface area contributed by atoms with E-state index in [1.165, 1.54) is 11.1 Å². The molecule has 0 saturated carbocycles. The number of hydrogen-bond donors (Lipinski definition) is 0. The number of carbonyl (C=O) groups excluding carboxylic acids is 1. The summed E-state index contributed by atoms with van der Waals surface area (Å²) in [5.74, 6) is 0.753. The smallest absolute Gasteiger partial charge is 0.134 e. The SMILES string of the molecule is CC.CC(=O)[C@@H]1CN(Cc2ccccc2)C[C@H]1c1ccccc1. The van der Waals surface area contributed by atoms with Crippen molar-refractivity contribution < 1.29 is 4.79 Å². The maximum absolute atomic E-state index is 12.0. The zero-order valence-corrected chi connectivity index (χ0v) is 14.4. The van der Waals surface area contributed by atoms with Crippen molar-refractivity contribution in [2.24, 2.45) is 5.92 Å². The molecule has 0 bridgehead atoms. The number of rotatable bonds is 4. The summed E-state index contributed by atoms with van der Waals surface area (Å²) in [4.78, 5) is 14.4. The second-order valence-corrected chi connectivity index (χ2v) is 5.91. The molecule has 0 N–H and O–H groups in total. The van der Waals surface area contributed by atoms with Gasteiger partial charge < -0.3 is 0 Å². The molecular weight excluding hydrogens is 282 g/mol. The van der Waals surface area contributed by atoms with Crippen molar-refractivity contribution in [2.75, 3.05) is 13.1 Å². The Morgan fingerprint density at radius 1 is 0.957 bits per heavy atom. The largest absolute Gasteiger partial charge is 0.300 e. The third-order valence-electron chi connectivity index (χ3n) is 4.39. The molecule has 0 amide bonds. The molecule has 1 fully saturated rings. The quantitative estimate of drug-likeness (QED) is 0.828. The Morgan fingerprint density at radius 2 is 1.52 bits per heavy atom. The maximum Gasteiger partial charge on any atom is 0.134 e. The molecule has 1 aliphatic heterocycles. The molecule has 2 heteroatoms. The molecule has 1 saturated heterocycles. The average molecular weight is 309 g/mol. The number of ketones is 1. The van der Waals surface area contributed by atoms with Crippen LogP contribution in [0.5, 0.6) is 0 Å². The minimum atomic E-state index is 0.121. The molecule has 2 nitrogen and oxygen atoms in total. The molecule has 2 aromatic rings. The molecule has 0 unspecified atom stereocenters. The normalized spacial score (nSPS) is 20.7. The minimum Gasteiger partial charge on any atom is -0.300 e. The summed E-state index contributed by atoms with van der Waals surface area (Å²) in [6.07, 6.45) is 0. The first-order valence-corrected chi connectivity index (χ1v) is 8.55. The lowest BCUT2D eigenvalue weighted by Gasteiger charge is -2.16. The molecule has 2 aromatic carbocycles. The van der Waals surface area contributed by atoms with Crippen LogP contribution in [-0.2, 0) is 11.3 Å². The van der Waals surface area contributed by atoms with Crippen molar-refractivity contribution in [1.29, 1.82) is 0 Å². The Labute approximate surface area is 140 Å². The molecule has 1 heterocycles. The lowest BCUT2D eigenvalue weighted by Crippen LogP contribution is -2.22. The van der Waals surface area contributed by atoms with Gasteiger partial charge in [-0.25, -0.2) is 0 Å². The predicted molar refractivity (Wildman–Crippen MR) is 96.4 cm³/mol. The van der Waals surface area contributed by atoms with E-state index in [9.17, 15) is 4.79 Å². The maximum atomic E-state index is 12.0. The lowest BCUT2D eigenvalue weighted by molar-refractivity contribution is -0.120. The summed E-state index contributed by atoms with van der Waals surface area (Å²) in [5.41, 5.74) is 2.60. The Bertz CT molecular complexity index is 594. The lowest BCUT2D eigenvalue weighted by atomic mass is 9.87. The van der Waals surface area contributed by atoms with Crippen molar-refractivity contribution in [2.45, 2.75) is 33.2 Å². The van der Waals surface area contributed by atoms with Crippen molar-refractivity contribution >= 4 is 5.78 Å². The highest BCUT2D eigenvalue weighted by Crippen LogP contribution is 2.33. The van der Waals surface area contributed by atoms with E-state index >= 15 is 0 Å². The van der Waals surface area contributed by atoms with Gasteiger partial charge in [0.1, 0.15) is 5.78 Å². The van der Waals surface area contributed by atoms with E-state index in [1.54, 1.807) is 6.92 Å². The molecule has 0 aromatic heterocycles. The van der Waals surface area contributed by atoms with Crippen LogP contribution in [0.1, 0.15) is 37.8 Å². The van der Waals surface area contributed by atoms with E-state index in [4.69, 9.17) is 0 Å². The fourth-order valence-corrected chi connectivity index (χ4v) is 3.31. The summed E-state index contributed by atoms with van der Waals surface area (Å²) in [7, 11) is 0. The molecule has 3 rings (SSSR count). The third kappa shape index (κ3) is 4.52. The number of hydrogen-bond acceptors (Lipinski definition) is 2. The van der Waals surface area contributed by atoms with E-state index < -0.39 is 0 Å². The highest BCUT2D eigenvalue weighted by atomic mass is 16.1. The van der Waals surface area contributed by atoms with Crippen LogP contribution < -0.4 is 0 Å². The first kappa shape index (κ1) is 17.4. The topological polar surface area (TPSA) is 20.3 Å². The Morgan fingerprint density at radius 3 is 2.09 bits per heavy atom. The zero-order valence-electron chi connectivity index (χ0n) is 14.4. The van der Waals surface area contributed by atoms with Gasteiger partial charge in [-0.2, -0.15) is 0 Å². The van der Waals surface area contributed by atoms with E-state index in [2.05, 4.69) is 53.4 Å². The molecule has 0 spiro atoms. The van der Waals surface area contributed by atoms with Crippen LogP contribution in [0.4, 0.5) is 0 Å². The fraction of sp³-hybridized carbons (Fsp3) is 0.381. The fourth-order valence-electron chi connectivity index (χ4n) is 3.31. The van der Waals surface area contributed by atoms with Crippen molar-refractivity contribution in [3.63, 3.8) is 0 Å². The van der Waals surface area contributed by atoms with Crippen LogP contribution in [0.2, 0.25) is 0 Å². The van der Waals surface area contributed by atoms with Crippen LogP contribution in [-0.4, -0.2) is 23.8 Å². The summed E-state index contributed by atoms with van der Waals surface area (Å²) in [5, 5.41) is 0. The Hall–Kier alpha value is -1.93. The minimum absolute atomic E-state index is 0.121. The molecular formula is C21H27NO. The van der Waals surface area contributed by atoms with Crippen LogP contribution in [0.15, 0.2) is 60.7 Å². The van der Waals surface area contributed by atoms with Crippen molar-refractivity contribution in [3.8, 4) is 0 Å². The monoisotopic (exact) mass is 309 g/mol. The van der Waals surface area contributed by atoms with Crippen LogP contribution >= 0.6 is 0 Å². The molecule has 1 aliphatic rings. The van der Waals surface area contributed by atoms with Gasteiger partial charge in [-0.3, -0.25) is 9.69 Å². The second kappa shape index (κ2) is 8.64.